The van der Waals surface area contributed by atoms with Crippen LogP contribution in [0.3, 0.4) is 0 Å². The van der Waals surface area contributed by atoms with E-state index in [4.69, 9.17) is 4.74 Å². The summed E-state index contributed by atoms with van der Waals surface area (Å²) in [7, 11) is 5.29. The van der Waals surface area contributed by atoms with Crippen LogP contribution in [0.25, 0.3) is 0 Å². The van der Waals surface area contributed by atoms with Crippen molar-refractivity contribution in [3.05, 3.63) is 81.8 Å². The van der Waals surface area contributed by atoms with Crippen LogP contribution in [0, 0.1) is 5.82 Å². The lowest BCUT2D eigenvalue weighted by Crippen LogP contribution is -2.30. The SMILES string of the molecule is COCC(=O)Nc1ccc(N(C)C)c(CN(Cc2cccc(F)c2)C(=O)c2cccs2)c1. The third-order valence-corrected chi connectivity index (χ3v) is 5.62. The topological polar surface area (TPSA) is 61.9 Å². The largest absolute Gasteiger partial charge is 0.377 e. The van der Waals surface area contributed by atoms with Crippen molar-refractivity contribution in [1.82, 2.24) is 4.90 Å². The van der Waals surface area contributed by atoms with Crippen LogP contribution in [0.15, 0.2) is 60.0 Å². The molecule has 0 saturated carbocycles. The lowest BCUT2D eigenvalue weighted by molar-refractivity contribution is -0.119. The van der Waals surface area contributed by atoms with Crippen molar-refractivity contribution in [2.24, 2.45) is 0 Å². The van der Waals surface area contributed by atoms with E-state index in [1.165, 1.54) is 30.6 Å². The number of hydrogen-bond acceptors (Lipinski definition) is 5. The van der Waals surface area contributed by atoms with Crippen molar-refractivity contribution in [1.29, 1.82) is 0 Å². The summed E-state index contributed by atoms with van der Waals surface area (Å²) in [6, 6.07) is 15.4. The molecule has 2 aromatic carbocycles. The minimum atomic E-state index is -0.345. The van der Waals surface area contributed by atoms with Crippen molar-refractivity contribution in [3.63, 3.8) is 0 Å². The number of ether oxygens (including phenoxy) is 1. The summed E-state index contributed by atoms with van der Waals surface area (Å²) in [6.45, 7) is 0.490. The number of nitrogens with zero attached hydrogens (tertiary/aromatic N) is 2. The van der Waals surface area contributed by atoms with Gasteiger partial charge in [0, 0.05) is 45.7 Å². The fraction of sp³-hybridized carbons (Fsp3) is 0.250. The molecular formula is C24H26FN3O3S. The molecule has 8 heteroatoms. The Balaban J connectivity index is 1.94. The molecule has 0 saturated heterocycles. The van der Waals surface area contributed by atoms with Crippen molar-refractivity contribution in [3.8, 4) is 0 Å². The Kier molecular flexibility index (Phi) is 7.97. The first kappa shape index (κ1) is 23.4. The lowest BCUT2D eigenvalue weighted by atomic mass is 10.1. The highest BCUT2D eigenvalue weighted by Gasteiger charge is 2.20. The van der Waals surface area contributed by atoms with Gasteiger partial charge in [0.2, 0.25) is 5.91 Å². The molecule has 6 nitrogen and oxygen atoms in total. The molecule has 3 aromatic rings. The van der Waals surface area contributed by atoms with Gasteiger partial charge in [-0.05, 0) is 52.9 Å². The molecule has 168 valence electrons. The van der Waals surface area contributed by atoms with E-state index >= 15 is 0 Å². The van der Waals surface area contributed by atoms with Gasteiger partial charge in [0.25, 0.3) is 5.91 Å². The van der Waals surface area contributed by atoms with E-state index in [-0.39, 0.29) is 37.3 Å². The molecule has 0 spiro atoms. The minimum Gasteiger partial charge on any atom is -0.377 e. The summed E-state index contributed by atoms with van der Waals surface area (Å²) >= 11 is 1.36. The average molecular weight is 456 g/mol. The number of nitrogens with one attached hydrogen (secondary N) is 1. The molecule has 2 amide bonds. The van der Waals surface area contributed by atoms with Crippen LogP contribution in [0.4, 0.5) is 15.8 Å². The van der Waals surface area contributed by atoms with E-state index < -0.39 is 0 Å². The second kappa shape index (κ2) is 10.9. The monoisotopic (exact) mass is 455 g/mol. The van der Waals surface area contributed by atoms with Crippen molar-refractivity contribution < 1.29 is 18.7 Å². The first-order valence-electron chi connectivity index (χ1n) is 10.0. The van der Waals surface area contributed by atoms with Crippen LogP contribution < -0.4 is 10.2 Å². The first-order chi connectivity index (χ1) is 15.4. The molecule has 1 aromatic heterocycles. The van der Waals surface area contributed by atoms with Gasteiger partial charge >= 0.3 is 0 Å². The molecule has 0 fully saturated rings. The molecule has 0 aliphatic rings. The summed E-state index contributed by atoms with van der Waals surface area (Å²) in [5.41, 5.74) is 3.08. The molecule has 0 unspecified atom stereocenters. The summed E-state index contributed by atoms with van der Waals surface area (Å²) in [6.07, 6.45) is 0. The number of rotatable bonds is 9. The number of benzene rings is 2. The van der Waals surface area contributed by atoms with Crippen LogP contribution in [-0.4, -0.2) is 44.5 Å². The number of thiophene rings is 1. The predicted octanol–water partition coefficient (Wildman–Crippen LogP) is 4.38. The van der Waals surface area contributed by atoms with Gasteiger partial charge in [-0.15, -0.1) is 11.3 Å². The normalized spacial score (nSPS) is 10.6. The van der Waals surface area contributed by atoms with E-state index in [9.17, 15) is 14.0 Å². The lowest BCUT2D eigenvalue weighted by Gasteiger charge is -2.26. The molecular weight excluding hydrogens is 429 g/mol. The number of hydrogen-bond donors (Lipinski definition) is 1. The highest BCUT2D eigenvalue weighted by molar-refractivity contribution is 7.12. The van der Waals surface area contributed by atoms with E-state index in [0.29, 0.717) is 16.1 Å². The Morgan fingerprint density at radius 1 is 1.06 bits per heavy atom. The molecule has 3 rings (SSSR count). The third-order valence-electron chi connectivity index (χ3n) is 4.76. The van der Waals surface area contributed by atoms with E-state index in [1.54, 1.807) is 23.1 Å². The van der Waals surface area contributed by atoms with E-state index in [2.05, 4.69) is 5.32 Å². The molecule has 1 heterocycles. The van der Waals surface area contributed by atoms with Gasteiger partial charge in [-0.1, -0.05) is 18.2 Å². The minimum absolute atomic E-state index is 0.0483. The predicted molar refractivity (Wildman–Crippen MR) is 126 cm³/mol. The zero-order valence-electron chi connectivity index (χ0n) is 18.3. The van der Waals surface area contributed by atoms with Crippen LogP contribution in [0.2, 0.25) is 0 Å². The third kappa shape index (κ3) is 6.15. The molecule has 0 atom stereocenters. The smallest absolute Gasteiger partial charge is 0.264 e. The summed E-state index contributed by atoms with van der Waals surface area (Å²) in [4.78, 5) is 29.5. The highest BCUT2D eigenvalue weighted by Crippen LogP contribution is 2.26. The summed E-state index contributed by atoms with van der Waals surface area (Å²) < 4.78 is 18.6. The van der Waals surface area contributed by atoms with Gasteiger partial charge in [-0.2, -0.15) is 0 Å². The molecule has 1 N–H and O–H groups in total. The van der Waals surface area contributed by atoms with Crippen molar-refractivity contribution >= 4 is 34.5 Å². The number of amides is 2. The summed E-state index contributed by atoms with van der Waals surface area (Å²) in [5, 5.41) is 4.66. The maximum absolute atomic E-state index is 13.8. The van der Waals surface area contributed by atoms with E-state index in [1.807, 2.05) is 48.6 Å². The van der Waals surface area contributed by atoms with Crippen LogP contribution in [0.5, 0.6) is 0 Å². The molecule has 0 bridgehead atoms. The molecule has 0 radical (unpaired) electrons. The number of methoxy groups -OCH3 is 1. The first-order valence-corrected chi connectivity index (χ1v) is 10.9. The number of anilines is 2. The van der Waals surface area contributed by atoms with Gasteiger partial charge in [0.1, 0.15) is 12.4 Å². The maximum Gasteiger partial charge on any atom is 0.264 e. The maximum atomic E-state index is 13.8. The fourth-order valence-electron chi connectivity index (χ4n) is 3.37. The van der Waals surface area contributed by atoms with Crippen LogP contribution in [0.1, 0.15) is 20.8 Å². The standard InChI is InChI=1S/C24H26FN3O3S/c1-27(2)21-10-9-20(26-23(29)16-31-3)13-18(21)15-28(24(30)22-8-5-11-32-22)14-17-6-4-7-19(25)12-17/h4-13H,14-16H2,1-3H3,(H,26,29). The summed E-state index contributed by atoms with van der Waals surface area (Å²) in [5.74, 6) is -0.743. The van der Waals surface area contributed by atoms with Gasteiger partial charge in [-0.3, -0.25) is 9.59 Å². The Morgan fingerprint density at radius 3 is 2.53 bits per heavy atom. The van der Waals surface area contributed by atoms with Crippen LogP contribution in [-0.2, 0) is 22.6 Å². The van der Waals surface area contributed by atoms with Gasteiger partial charge < -0.3 is 19.9 Å². The second-order valence-electron chi connectivity index (χ2n) is 7.49. The Hall–Kier alpha value is -3.23. The Bertz CT molecular complexity index is 1070. The quantitative estimate of drug-likeness (QED) is 0.520. The van der Waals surface area contributed by atoms with E-state index in [0.717, 1.165) is 11.3 Å². The zero-order chi connectivity index (χ0) is 23.1. The number of carbonyl (C=O) groups is 2. The van der Waals surface area contributed by atoms with Gasteiger partial charge in [-0.25, -0.2) is 4.39 Å². The fourth-order valence-corrected chi connectivity index (χ4v) is 4.06. The van der Waals surface area contributed by atoms with Crippen molar-refractivity contribution in [2.45, 2.75) is 13.1 Å². The second-order valence-corrected chi connectivity index (χ2v) is 8.44. The number of carbonyl (C=O) groups excluding carboxylic acids is 2. The molecule has 32 heavy (non-hydrogen) atoms. The molecule has 0 aliphatic heterocycles. The molecule has 0 aliphatic carbocycles. The van der Waals surface area contributed by atoms with Gasteiger partial charge in [0.05, 0.1) is 4.88 Å². The zero-order valence-corrected chi connectivity index (χ0v) is 19.1. The highest BCUT2D eigenvalue weighted by atomic mass is 32.1. The van der Waals surface area contributed by atoms with Crippen LogP contribution >= 0.6 is 11.3 Å². The Labute approximate surface area is 191 Å². The van der Waals surface area contributed by atoms with Gasteiger partial charge in [0.15, 0.2) is 0 Å². The average Bonchev–Trinajstić information content (AvgIpc) is 3.28. The number of halogens is 1. The Morgan fingerprint density at radius 2 is 1.88 bits per heavy atom. The van der Waals surface area contributed by atoms with Crippen molar-refractivity contribution in [2.75, 3.05) is 38.0 Å².